The molecule has 0 bridgehead atoms. The van der Waals surface area contributed by atoms with Crippen LogP contribution in [0, 0.1) is 11.8 Å². The van der Waals surface area contributed by atoms with Gasteiger partial charge in [-0.2, -0.15) is 0 Å². The van der Waals surface area contributed by atoms with Crippen molar-refractivity contribution in [3.05, 3.63) is 24.3 Å². The van der Waals surface area contributed by atoms with E-state index in [9.17, 15) is 4.79 Å². The average molecular weight is 250 g/mol. The van der Waals surface area contributed by atoms with E-state index in [0.717, 1.165) is 24.3 Å². The molecule has 0 spiro atoms. The van der Waals surface area contributed by atoms with Gasteiger partial charge in [-0.15, -0.1) is 0 Å². The molecule has 2 rings (SSSR count). The summed E-state index contributed by atoms with van der Waals surface area (Å²) >= 11 is 0. The summed E-state index contributed by atoms with van der Waals surface area (Å²) in [5, 5.41) is 0. The van der Waals surface area contributed by atoms with E-state index in [0.29, 0.717) is 12.5 Å². The number of esters is 1. The van der Waals surface area contributed by atoms with E-state index in [1.807, 2.05) is 24.3 Å². The summed E-state index contributed by atoms with van der Waals surface area (Å²) in [6.07, 6.45) is 2.18. The van der Waals surface area contributed by atoms with Gasteiger partial charge in [0, 0.05) is 0 Å². The Balaban J connectivity index is 1.90. The van der Waals surface area contributed by atoms with Crippen molar-refractivity contribution in [1.82, 2.24) is 0 Å². The van der Waals surface area contributed by atoms with Crippen molar-refractivity contribution >= 4 is 5.97 Å². The largest absolute Gasteiger partial charge is 0.497 e. The summed E-state index contributed by atoms with van der Waals surface area (Å²) in [4.78, 5) is 11.6. The second-order valence-electron chi connectivity index (χ2n) is 4.45. The molecule has 1 saturated carbocycles. The van der Waals surface area contributed by atoms with Crippen molar-refractivity contribution in [3.8, 4) is 11.5 Å². The van der Waals surface area contributed by atoms with E-state index < -0.39 is 0 Å². The summed E-state index contributed by atoms with van der Waals surface area (Å²) < 4.78 is 15.5. The molecule has 18 heavy (non-hydrogen) atoms. The number of ether oxygens (including phenoxy) is 3. The molecule has 1 atom stereocenters. The first kappa shape index (κ1) is 12.7. The van der Waals surface area contributed by atoms with Gasteiger partial charge in [0.15, 0.2) is 0 Å². The minimum Gasteiger partial charge on any atom is -0.497 e. The molecule has 0 saturated heterocycles. The molecule has 0 aromatic heterocycles. The van der Waals surface area contributed by atoms with Crippen molar-refractivity contribution in [1.29, 1.82) is 0 Å². The predicted molar refractivity (Wildman–Crippen MR) is 66.7 cm³/mol. The van der Waals surface area contributed by atoms with Crippen LogP contribution in [0.4, 0.5) is 0 Å². The lowest BCUT2D eigenvalue weighted by molar-refractivity contribution is -0.147. The lowest BCUT2D eigenvalue weighted by Gasteiger charge is -2.15. The van der Waals surface area contributed by atoms with Gasteiger partial charge in [0.25, 0.3) is 0 Å². The van der Waals surface area contributed by atoms with E-state index in [4.69, 9.17) is 14.2 Å². The van der Waals surface area contributed by atoms with Gasteiger partial charge in [0.05, 0.1) is 20.1 Å². The molecular weight excluding hydrogens is 232 g/mol. The number of hydrogen-bond acceptors (Lipinski definition) is 4. The molecule has 1 fully saturated rings. The van der Waals surface area contributed by atoms with Crippen LogP contribution in [-0.2, 0) is 9.53 Å². The number of carbonyl (C=O) groups excluding carboxylic acids is 1. The first-order valence-electron chi connectivity index (χ1n) is 6.09. The van der Waals surface area contributed by atoms with E-state index in [2.05, 4.69) is 0 Å². The summed E-state index contributed by atoms with van der Waals surface area (Å²) in [7, 11) is 3.04. The third kappa shape index (κ3) is 3.15. The Bertz CT molecular complexity index is 395. The highest BCUT2D eigenvalue weighted by atomic mass is 16.5. The van der Waals surface area contributed by atoms with Gasteiger partial charge >= 0.3 is 5.97 Å². The molecule has 0 N–H and O–H groups in total. The molecule has 1 aliphatic rings. The monoisotopic (exact) mass is 250 g/mol. The number of methoxy groups -OCH3 is 2. The molecule has 0 radical (unpaired) electrons. The van der Waals surface area contributed by atoms with Crippen molar-refractivity contribution < 1.29 is 19.0 Å². The fourth-order valence-corrected chi connectivity index (χ4v) is 1.90. The van der Waals surface area contributed by atoms with Crippen molar-refractivity contribution in [2.45, 2.75) is 12.8 Å². The third-order valence-electron chi connectivity index (χ3n) is 3.18. The van der Waals surface area contributed by atoms with Crippen LogP contribution in [0.15, 0.2) is 24.3 Å². The van der Waals surface area contributed by atoms with Crippen LogP contribution < -0.4 is 9.47 Å². The molecule has 1 aromatic rings. The minimum atomic E-state index is -0.175. The van der Waals surface area contributed by atoms with Gasteiger partial charge in [0.2, 0.25) is 0 Å². The molecule has 98 valence electrons. The Labute approximate surface area is 107 Å². The van der Waals surface area contributed by atoms with Crippen LogP contribution in [0.3, 0.4) is 0 Å². The summed E-state index contributed by atoms with van der Waals surface area (Å²) in [5.41, 5.74) is 0. The standard InChI is InChI=1S/C14H18O4/c1-16-11-5-7-12(8-6-11)18-9-13(10-3-4-10)14(15)17-2/h5-8,10,13H,3-4,9H2,1-2H3. The average Bonchev–Trinajstić information content (AvgIpc) is 3.24. The van der Waals surface area contributed by atoms with Crippen LogP contribution >= 0.6 is 0 Å². The maximum atomic E-state index is 11.6. The van der Waals surface area contributed by atoms with Crippen molar-refractivity contribution in [2.75, 3.05) is 20.8 Å². The van der Waals surface area contributed by atoms with Crippen LogP contribution in [0.25, 0.3) is 0 Å². The van der Waals surface area contributed by atoms with Gasteiger partial charge in [-0.3, -0.25) is 4.79 Å². The molecule has 0 aliphatic heterocycles. The zero-order valence-corrected chi connectivity index (χ0v) is 10.7. The Kier molecular flexibility index (Phi) is 4.07. The quantitative estimate of drug-likeness (QED) is 0.726. The van der Waals surface area contributed by atoms with Gasteiger partial charge in [-0.25, -0.2) is 0 Å². The highest BCUT2D eigenvalue weighted by Crippen LogP contribution is 2.37. The maximum absolute atomic E-state index is 11.6. The summed E-state index contributed by atoms with van der Waals surface area (Å²) in [6, 6.07) is 7.33. The lowest BCUT2D eigenvalue weighted by atomic mass is 10.1. The molecule has 4 heteroatoms. The Morgan fingerprint density at radius 2 is 1.83 bits per heavy atom. The van der Waals surface area contributed by atoms with Gasteiger partial charge in [-0.05, 0) is 43.0 Å². The molecule has 4 nitrogen and oxygen atoms in total. The smallest absolute Gasteiger partial charge is 0.312 e. The highest BCUT2D eigenvalue weighted by molar-refractivity contribution is 5.73. The molecule has 1 aromatic carbocycles. The normalized spacial score (nSPS) is 15.9. The topological polar surface area (TPSA) is 44.8 Å². The Morgan fingerprint density at radius 3 is 2.33 bits per heavy atom. The fourth-order valence-electron chi connectivity index (χ4n) is 1.90. The lowest BCUT2D eigenvalue weighted by Crippen LogP contribution is -2.25. The summed E-state index contributed by atoms with van der Waals surface area (Å²) in [5.74, 6) is 1.64. The molecule has 0 heterocycles. The zero-order chi connectivity index (χ0) is 13.0. The Hall–Kier alpha value is -1.71. The van der Waals surface area contributed by atoms with Crippen molar-refractivity contribution in [3.63, 3.8) is 0 Å². The summed E-state index contributed by atoms with van der Waals surface area (Å²) in [6.45, 7) is 0.379. The second kappa shape index (κ2) is 5.76. The second-order valence-corrected chi connectivity index (χ2v) is 4.45. The predicted octanol–water partition coefficient (Wildman–Crippen LogP) is 2.27. The molecule has 0 amide bonds. The molecule has 1 unspecified atom stereocenters. The number of carbonyl (C=O) groups is 1. The van der Waals surface area contributed by atoms with Crippen molar-refractivity contribution in [2.24, 2.45) is 11.8 Å². The van der Waals surface area contributed by atoms with Gasteiger partial charge in [-0.1, -0.05) is 0 Å². The van der Waals surface area contributed by atoms with E-state index in [1.165, 1.54) is 7.11 Å². The van der Waals surface area contributed by atoms with Crippen LogP contribution in [0.1, 0.15) is 12.8 Å². The molecular formula is C14H18O4. The maximum Gasteiger partial charge on any atom is 0.312 e. The van der Waals surface area contributed by atoms with Crippen LogP contribution in [-0.4, -0.2) is 26.8 Å². The van der Waals surface area contributed by atoms with E-state index in [1.54, 1.807) is 7.11 Å². The fraction of sp³-hybridized carbons (Fsp3) is 0.500. The van der Waals surface area contributed by atoms with Crippen LogP contribution in [0.2, 0.25) is 0 Å². The first-order chi connectivity index (χ1) is 8.74. The third-order valence-corrected chi connectivity index (χ3v) is 3.18. The van der Waals surface area contributed by atoms with Gasteiger partial charge < -0.3 is 14.2 Å². The Morgan fingerprint density at radius 1 is 1.22 bits per heavy atom. The minimum absolute atomic E-state index is 0.142. The highest BCUT2D eigenvalue weighted by Gasteiger charge is 2.37. The number of rotatable bonds is 6. The molecule has 1 aliphatic carbocycles. The van der Waals surface area contributed by atoms with Crippen LogP contribution in [0.5, 0.6) is 11.5 Å². The number of benzene rings is 1. The SMILES string of the molecule is COC(=O)C(COc1ccc(OC)cc1)C1CC1. The van der Waals surface area contributed by atoms with Gasteiger partial charge in [0.1, 0.15) is 18.1 Å². The van der Waals surface area contributed by atoms with E-state index >= 15 is 0 Å². The van der Waals surface area contributed by atoms with E-state index in [-0.39, 0.29) is 11.9 Å². The zero-order valence-electron chi connectivity index (χ0n) is 10.7. The first-order valence-corrected chi connectivity index (χ1v) is 6.09. The number of hydrogen-bond donors (Lipinski definition) is 0.